The topological polar surface area (TPSA) is 18.5 Å². The van der Waals surface area contributed by atoms with Crippen molar-refractivity contribution in [2.45, 2.75) is 99.2 Å². The van der Waals surface area contributed by atoms with Gasteiger partial charge in [0, 0.05) is 48.0 Å². The number of rotatable bonds is 6. The lowest BCUT2D eigenvalue weighted by Crippen LogP contribution is -2.61. The Morgan fingerprint density at radius 2 is 1.54 bits per heavy atom. The van der Waals surface area contributed by atoms with Crippen LogP contribution in [-0.2, 0) is 0 Å². The van der Waals surface area contributed by atoms with Gasteiger partial charge in [0.25, 0.3) is 0 Å². The molecule has 2 heterocycles. The maximum atomic E-state index is 4.05. The van der Waals surface area contributed by atoms with E-state index in [-0.39, 0.29) is 11.1 Å². The smallest absolute Gasteiger partial charge is 0.0377 e. The molecule has 0 radical (unpaired) electrons. The molecule has 0 atom stereocenters. The molecule has 0 saturated carbocycles. The van der Waals surface area contributed by atoms with Crippen LogP contribution in [-0.4, -0.2) is 34.0 Å². The average Bonchev–Trinajstić information content (AvgIpc) is 2.71. The van der Waals surface area contributed by atoms with Crippen LogP contribution in [0.5, 0.6) is 0 Å². The van der Waals surface area contributed by atoms with Gasteiger partial charge in [0.2, 0.25) is 0 Å². The van der Waals surface area contributed by atoms with Crippen LogP contribution in [0.15, 0.2) is 95.7 Å². The van der Waals surface area contributed by atoms with E-state index in [2.05, 4.69) is 136 Å². The molecular weight excluding hydrogens is 426 g/mol. The highest BCUT2D eigenvalue weighted by atomic mass is 15.2. The first-order valence-electron chi connectivity index (χ1n) is 12.7. The zero-order valence-corrected chi connectivity index (χ0v) is 24.5. The molecule has 0 aromatic carbocycles. The molecule has 0 bridgehead atoms. The van der Waals surface area contributed by atoms with E-state index >= 15 is 0 Å². The summed E-state index contributed by atoms with van der Waals surface area (Å²) < 4.78 is 0. The number of allylic oxidation sites excluding steroid dienone is 10. The molecule has 0 aromatic heterocycles. The van der Waals surface area contributed by atoms with Gasteiger partial charge in [-0.05, 0) is 110 Å². The van der Waals surface area contributed by atoms with Crippen molar-refractivity contribution in [3.8, 4) is 0 Å². The average molecular weight is 478 g/mol. The summed E-state index contributed by atoms with van der Waals surface area (Å²) in [5.74, 6) is 0. The summed E-state index contributed by atoms with van der Waals surface area (Å²) in [6, 6.07) is 0.605. The van der Waals surface area contributed by atoms with Crippen molar-refractivity contribution < 1.29 is 0 Å². The Hall–Kier alpha value is -2.52. The maximum Gasteiger partial charge on any atom is 0.0377 e. The molecule has 1 fully saturated rings. The summed E-state index contributed by atoms with van der Waals surface area (Å²) >= 11 is 0. The molecule has 2 aliphatic rings. The van der Waals surface area contributed by atoms with Crippen molar-refractivity contribution in [2.24, 2.45) is 0 Å². The second-order valence-corrected chi connectivity index (χ2v) is 11.7. The van der Waals surface area contributed by atoms with Gasteiger partial charge in [-0.2, -0.15) is 0 Å². The van der Waals surface area contributed by atoms with Crippen LogP contribution in [0.2, 0.25) is 0 Å². The Kier molecular flexibility index (Phi) is 10.8. The number of hydrogen-bond donors (Lipinski definition) is 1. The molecular formula is C32H51N3. The quantitative estimate of drug-likeness (QED) is 0.387. The highest BCUT2D eigenvalue weighted by molar-refractivity contribution is 5.48. The van der Waals surface area contributed by atoms with E-state index in [1.54, 1.807) is 0 Å². The fraction of sp³-hybridized carbons (Fsp3) is 0.500. The lowest BCUT2D eigenvalue weighted by Gasteiger charge is -2.49. The van der Waals surface area contributed by atoms with E-state index in [1.807, 2.05) is 12.2 Å². The Morgan fingerprint density at radius 1 is 1.00 bits per heavy atom. The molecule has 1 saturated heterocycles. The minimum Gasteiger partial charge on any atom is -0.375 e. The van der Waals surface area contributed by atoms with Crippen LogP contribution >= 0.6 is 0 Å². The third-order valence-corrected chi connectivity index (χ3v) is 6.60. The van der Waals surface area contributed by atoms with E-state index in [0.717, 1.165) is 11.4 Å². The number of nitrogens with one attached hydrogen (secondary N) is 1. The predicted molar refractivity (Wildman–Crippen MR) is 157 cm³/mol. The zero-order chi connectivity index (χ0) is 27.1. The minimum absolute atomic E-state index is 0.218. The Labute approximate surface area is 217 Å². The molecule has 0 amide bonds. The normalized spacial score (nSPS) is 20.2. The molecule has 194 valence electrons. The Morgan fingerprint density at radius 3 is 2.00 bits per heavy atom. The van der Waals surface area contributed by atoms with Crippen molar-refractivity contribution in [1.29, 1.82) is 0 Å². The van der Waals surface area contributed by atoms with Gasteiger partial charge in [-0.1, -0.05) is 43.5 Å². The second kappa shape index (κ2) is 12.4. The van der Waals surface area contributed by atoms with Crippen LogP contribution in [0, 0.1) is 0 Å². The molecule has 2 aliphatic heterocycles. The lowest BCUT2D eigenvalue weighted by atomic mass is 9.79. The molecule has 3 heteroatoms. The Balaban J connectivity index is 0.000000365. The largest absolute Gasteiger partial charge is 0.375 e. The van der Waals surface area contributed by atoms with Gasteiger partial charge >= 0.3 is 0 Å². The maximum absolute atomic E-state index is 4.05. The van der Waals surface area contributed by atoms with E-state index in [0.29, 0.717) is 6.04 Å². The van der Waals surface area contributed by atoms with Gasteiger partial charge in [-0.25, -0.2) is 0 Å². The van der Waals surface area contributed by atoms with E-state index in [9.17, 15) is 0 Å². The summed E-state index contributed by atoms with van der Waals surface area (Å²) in [6.07, 6.45) is 14.8. The highest BCUT2D eigenvalue weighted by Crippen LogP contribution is 2.32. The van der Waals surface area contributed by atoms with Gasteiger partial charge in [0.1, 0.15) is 0 Å². The van der Waals surface area contributed by atoms with E-state index in [4.69, 9.17) is 0 Å². The van der Waals surface area contributed by atoms with Crippen LogP contribution < -0.4 is 5.32 Å². The molecule has 35 heavy (non-hydrogen) atoms. The molecule has 3 nitrogen and oxygen atoms in total. The molecule has 0 aromatic rings. The third-order valence-electron chi connectivity index (χ3n) is 6.60. The lowest BCUT2D eigenvalue weighted by molar-refractivity contribution is 0.0991. The van der Waals surface area contributed by atoms with Crippen molar-refractivity contribution in [3.05, 3.63) is 95.7 Å². The minimum atomic E-state index is 0.218. The standard InChI is InChI=1S/C19H25N.C13H26N2/c1-8-15(4)16(5)11-17(6)19-10-9-18(7)20(13-19)12-14(2)3;1-10(2)15(7)11-8-12(3,4)14-13(5,6)9-11/h8-13H,1,7H2,2-6H3;11,14H,1,8-9H2,2-7H3/b16-15-,17-11+;. The SMILES string of the molecule is C=C(C)N(C)C1CC(C)(C)NC(C)(C)C1.C=C/C(C)=C(C)\C=C(/C)C1=CN(C=C(C)C)C(=C)C=C1. The molecule has 0 aliphatic carbocycles. The number of nitrogens with zero attached hydrogens (tertiary/aromatic N) is 2. The van der Waals surface area contributed by atoms with Gasteiger partial charge in [0.05, 0.1) is 0 Å². The summed E-state index contributed by atoms with van der Waals surface area (Å²) in [4.78, 5) is 4.39. The van der Waals surface area contributed by atoms with Crippen LogP contribution in [0.25, 0.3) is 0 Å². The van der Waals surface area contributed by atoms with Crippen LogP contribution in [0.3, 0.4) is 0 Å². The third kappa shape index (κ3) is 9.93. The van der Waals surface area contributed by atoms with Crippen molar-refractivity contribution in [3.63, 3.8) is 0 Å². The monoisotopic (exact) mass is 477 g/mol. The molecule has 0 spiro atoms. The van der Waals surface area contributed by atoms with E-state index in [1.165, 1.54) is 40.7 Å². The summed E-state index contributed by atoms with van der Waals surface area (Å²) in [5, 5.41) is 3.70. The van der Waals surface area contributed by atoms with Gasteiger partial charge in [-0.15, -0.1) is 0 Å². The van der Waals surface area contributed by atoms with Crippen molar-refractivity contribution in [2.75, 3.05) is 7.05 Å². The summed E-state index contributed by atoms with van der Waals surface area (Å²) in [5.41, 5.74) is 8.71. The molecule has 2 rings (SSSR count). The van der Waals surface area contributed by atoms with Crippen LogP contribution in [0.4, 0.5) is 0 Å². The van der Waals surface area contributed by atoms with Crippen molar-refractivity contribution >= 4 is 0 Å². The van der Waals surface area contributed by atoms with Gasteiger partial charge < -0.3 is 15.1 Å². The first-order valence-corrected chi connectivity index (χ1v) is 12.7. The fourth-order valence-corrected chi connectivity index (χ4v) is 4.72. The van der Waals surface area contributed by atoms with E-state index < -0.39 is 0 Å². The van der Waals surface area contributed by atoms with Gasteiger partial charge in [0.15, 0.2) is 0 Å². The molecule has 0 unspecified atom stereocenters. The summed E-state index contributed by atoms with van der Waals surface area (Å²) in [7, 11) is 2.16. The molecule has 1 N–H and O–H groups in total. The zero-order valence-electron chi connectivity index (χ0n) is 24.5. The predicted octanol–water partition coefficient (Wildman–Crippen LogP) is 8.41. The number of hydrogen-bond acceptors (Lipinski definition) is 3. The first kappa shape index (κ1) is 30.5. The Bertz CT molecular complexity index is 943. The highest BCUT2D eigenvalue weighted by Gasteiger charge is 2.38. The first-order chi connectivity index (χ1) is 16.0. The van der Waals surface area contributed by atoms with Gasteiger partial charge in [-0.3, -0.25) is 0 Å². The fourth-order valence-electron chi connectivity index (χ4n) is 4.72. The van der Waals surface area contributed by atoms with Crippen LogP contribution in [0.1, 0.15) is 82.1 Å². The summed E-state index contributed by atoms with van der Waals surface area (Å²) in [6.45, 7) is 33.6. The second-order valence-electron chi connectivity index (χ2n) is 11.7. The van der Waals surface area contributed by atoms with Crippen molar-refractivity contribution in [1.82, 2.24) is 15.1 Å². The number of piperidine rings is 1.